The van der Waals surface area contributed by atoms with Crippen molar-refractivity contribution in [3.63, 3.8) is 0 Å². The minimum absolute atomic E-state index is 0.0338. The van der Waals surface area contributed by atoms with Gasteiger partial charge in [0.2, 0.25) is 0 Å². The SMILES string of the molecule is Cc1ccc(OCC(O)c2ccccc2)c([N+](=O)[O-])c1. The Labute approximate surface area is 116 Å². The number of aryl methyl sites for hydroxylation is 1. The third-order valence-electron chi connectivity index (χ3n) is 2.89. The van der Waals surface area contributed by atoms with Crippen LogP contribution in [0.5, 0.6) is 5.75 Å². The molecule has 5 nitrogen and oxygen atoms in total. The van der Waals surface area contributed by atoms with Crippen LogP contribution < -0.4 is 4.74 Å². The average Bonchev–Trinajstić information content (AvgIpc) is 2.46. The molecule has 2 aromatic rings. The minimum atomic E-state index is -0.822. The summed E-state index contributed by atoms with van der Waals surface area (Å²) in [6, 6.07) is 13.8. The Balaban J connectivity index is 2.09. The van der Waals surface area contributed by atoms with Crippen molar-refractivity contribution in [2.24, 2.45) is 0 Å². The van der Waals surface area contributed by atoms with Crippen LogP contribution in [0.25, 0.3) is 0 Å². The summed E-state index contributed by atoms with van der Waals surface area (Å²) >= 11 is 0. The van der Waals surface area contributed by atoms with E-state index in [0.29, 0.717) is 5.56 Å². The summed E-state index contributed by atoms with van der Waals surface area (Å²) < 4.78 is 5.38. The Morgan fingerprint density at radius 3 is 2.60 bits per heavy atom. The van der Waals surface area contributed by atoms with Crippen LogP contribution in [0.2, 0.25) is 0 Å². The second-order valence-electron chi connectivity index (χ2n) is 4.47. The maximum Gasteiger partial charge on any atom is 0.311 e. The number of aliphatic hydroxyl groups excluding tert-OH is 1. The zero-order valence-electron chi connectivity index (χ0n) is 11.0. The van der Waals surface area contributed by atoms with E-state index < -0.39 is 11.0 Å². The quantitative estimate of drug-likeness (QED) is 0.671. The van der Waals surface area contributed by atoms with Gasteiger partial charge in [0.05, 0.1) is 4.92 Å². The third-order valence-corrected chi connectivity index (χ3v) is 2.89. The maximum absolute atomic E-state index is 11.0. The van der Waals surface area contributed by atoms with Crippen molar-refractivity contribution < 1.29 is 14.8 Å². The van der Waals surface area contributed by atoms with Crippen LogP contribution in [-0.2, 0) is 0 Å². The van der Waals surface area contributed by atoms with E-state index in [-0.39, 0.29) is 18.0 Å². The maximum atomic E-state index is 11.0. The van der Waals surface area contributed by atoms with Crippen molar-refractivity contribution in [1.29, 1.82) is 0 Å². The van der Waals surface area contributed by atoms with Gasteiger partial charge in [-0.3, -0.25) is 10.1 Å². The molecule has 0 heterocycles. The van der Waals surface area contributed by atoms with E-state index in [4.69, 9.17) is 4.74 Å². The first kappa shape index (κ1) is 14.0. The first-order valence-electron chi connectivity index (χ1n) is 6.19. The van der Waals surface area contributed by atoms with E-state index in [1.54, 1.807) is 31.2 Å². The summed E-state index contributed by atoms with van der Waals surface area (Å²) in [6.45, 7) is 1.74. The van der Waals surface area contributed by atoms with Gasteiger partial charge in [0.25, 0.3) is 0 Å². The first-order chi connectivity index (χ1) is 9.58. The van der Waals surface area contributed by atoms with Crippen LogP contribution in [0.3, 0.4) is 0 Å². The van der Waals surface area contributed by atoms with Gasteiger partial charge < -0.3 is 9.84 Å². The second kappa shape index (κ2) is 6.16. The lowest BCUT2D eigenvalue weighted by atomic mass is 10.1. The monoisotopic (exact) mass is 273 g/mol. The van der Waals surface area contributed by atoms with Gasteiger partial charge in [0.1, 0.15) is 12.7 Å². The zero-order valence-corrected chi connectivity index (χ0v) is 11.0. The number of nitro benzene ring substituents is 1. The molecule has 2 aromatic carbocycles. The highest BCUT2D eigenvalue weighted by Crippen LogP contribution is 2.28. The molecular weight excluding hydrogens is 258 g/mol. The number of aliphatic hydroxyl groups is 1. The second-order valence-corrected chi connectivity index (χ2v) is 4.47. The number of rotatable bonds is 5. The summed E-state index contributed by atoms with van der Waals surface area (Å²) in [5, 5.41) is 20.9. The first-order valence-corrected chi connectivity index (χ1v) is 6.19. The van der Waals surface area contributed by atoms with Gasteiger partial charge in [-0.2, -0.15) is 0 Å². The summed E-state index contributed by atoms with van der Waals surface area (Å²) in [5.74, 6) is 0.163. The van der Waals surface area contributed by atoms with Crippen LogP contribution in [0.15, 0.2) is 48.5 Å². The number of hydrogen-bond donors (Lipinski definition) is 1. The van der Waals surface area contributed by atoms with Crippen molar-refractivity contribution in [2.75, 3.05) is 6.61 Å². The van der Waals surface area contributed by atoms with E-state index in [1.165, 1.54) is 6.07 Å². The molecule has 104 valence electrons. The molecule has 1 N–H and O–H groups in total. The van der Waals surface area contributed by atoms with E-state index in [9.17, 15) is 15.2 Å². The molecule has 0 amide bonds. The molecule has 0 aliphatic heterocycles. The van der Waals surface area contributed by atoms with Gasteiger partial charge in [-0.25, -0.2) is 0 Å². The molecule has 0 bridgehead atoms. The molecular formula is C15H15NO4. The summed E-state index contributed by atoms with van der Waals surface area (Å²) in [7, 11) is 0. The van der Waals surface area contributed by atoms with Crippen molar-refractivity contribution in [2.45, 2.75) is 13.0 Å². The number of nitro groups is 1. The van der Waals surface area contributed by atoms with E-state index in [1.807, 2.05) is 18.2 Å². The smallest absolute Gasteiger partial charge is 0.311 e. The minimum Gasteiger partial charge on any atom is -0.484 e. The summed E-state index contributed by atoms with van der Waals surface area (Å²) in [4.78, 5) is 10.5. The van der Waals surface area contributed by atoms with Gasteiger partial charge in [-0.05, 0) is 24.1 Å². The predicted molar refractivity (Wildman–Crippen MR) is 74.7 cm³/mol. The normalized spacial score (nSPS) is 11.9. The Hall–Kier alpha value is -2.40. The van der Waals surface area contributed by atoms with Gasteiger partial charge in [-0.1, -0.05) is 36.4 Å². The van der Waals surface area contributed by atoms with Crippen molar-refractivity contribution >= 4 is 5.69 Å². The lowest BCUT2D eigenvalue weighted by molar-refractivity contribution is -0.386. The fraction of sp³-hybridized carbons (Fsp3) is 0.200. The molecule has 0 saturated heterocycles. The molecule has 0 spiro atoms. The Morgan fingerprint density at radius 2 is 1.95 bits per heavy atom. The Bertz CT molecular complexity index is 598. The molecule has 0 aromatic heterocycles. The summed E-state index contributed by atoms with van der Waals surface area (Å²) in [5.41, 5.74) is 1.40. The van der Waals surface area contributed by atoms with Crippen molar-refractivity contribution in [3.05, 3.63) is 69.8 Å². The molecule has 20 heavy (non-hydrogen) atoms. The van der Waals surface area contributed by atoms with Crippen LogP contribution in [-0.4, -0.2) is 16.6 Å². The molecule has 1 atom stereocenters. The molecule has 2 rings (SSSR count). The van der Waals surface area contributed by atoms with Gasteiger partial charge in [0.15, 0.2) is 5.75 Å². The molecule has 1 unspecified atom stereocenters. The lowest BCUT2D eigenvalue weighted by Gasteiger charge is -2.12. The van der Waals surface area contributed by atoms with Crippen LogP contribution in [0, 0.1) is 17.0 Å². The van der Waals surface area contributed by atoms with Crippen LogP contribution in [0.1, 0.15) is 17.2 Å². The number of benzene rings is 2. The molecule has 0 saturated carbocycles. The Kier molecular flexibility index (Phi) is 4.32. The highest BCUT2D eigenvalue weighted by molar-refractivity contribution is 5.48. The largest absolute Gasteiger partial charge is 0.484 e. The molecule has 0 radical (unpaired) electrons. The van der Waals surface area contributed by atoms with E-state index in [2.05, 4.69) is 0 Å². The molecule has 5 heteroatoms. The van der Waals surface area contributed by atoms with Gasteiger partial charge in [-0.15, -0.1) is 0 Å². The van der Waals surface area contributed by atoms with Crippen molar-refractivity contribution in [1.82, 2.24) is 0 Å². The van der Waals surface area contributed by atoms with E-state index in [0.717, 1.165) is 5.56 Å². The summed E-state index contributed by atoms with van der Waals surface area (Å²) in [6.07, 6.45) is -0.822. The predicted octanol–water partition coefficient (Wildman–Crippen LogP) is 3.02. The number of hydrogen-bond acceptors (Lipinski definition) is 4. The molecule has 0 aliphatic rings. The highest BCUT2D eigenvalue weighted by Gasteiger charge is 2.16. The van der Waals surface area contributed by atoms with Crippen molar-refractivity contribution in [3.8, 4) is 5.75 Å². The van der Waals surface area contributed by atoms with E-state index >= 15 is 0 Å². The zero-order chi connectivity index (χ0) is 14.5. The molecule has 0 aliphatic carbocycles. The molecule has 0 fully saturated rings. The third kappa shape index (κ3) is 3.33. The van der Waals surface area contributed by atoms with Gasteiger partial charge in [0, 0.05) is 6.07 Å². The lowest BCUT2D eigenvalue weighted by Crippen LogP contribution is -2.10. The van der Waals surface area contributed by atoms with Crippen LogP contribution >= 0.6 is 0 Å². The fourth-order valence-electron chi connectivity index (χ4n) is 1.83. The fourth-order valence-corrected chi connectivity index (χ4v) is 1.83. The number of ether oxygens (including phenoxy) is 1. The van der Waals surface area contributed by atoms with Gasteiger partial charge >= 0.3 is 5.69 Å². The highest BCUT2D eigenvalue weighted by atomic mass is 16.6. The Morgan fingerprint density at radius 1 is 1.25 bits per heavy atom. The van der Waals surface area contributed by atoms with Crippen LogP contribution in [0.4, 0.5) is 5.69 Å². The number of nitrogens with zero attached hydrogens (tertiary/aromatic N) is 1. The standard InChI is InChI=1S/C15H15NO4/c1-11-7-8-15(13(9-11)16(18)19)20-10-14(17)12-5-3-2-4-6-12/h2-9,14,17H,10H2,1H3. The average molecular weight is 273 g/mol. The topological polar surface area (TPSA) is 72.6 Å².